The molecule has 1 amide bonds. The molecule has 0 unspecified atom stereocenters. The Labute approximate surface area is 159 Å². The van der Waals surface area contributed by atoms with Crippen LogP contribution in [0.4, 0.5) is 0 Å². The molecular formula is C18H23N5O3S. The van der Waals surface area contributed by atoms with Gasteiger partial charge in [0, 0.05) is 52.0 Å². The highest BCUT2D eigenvalue weighted by molar-refractivity contribution is 7.86. The van der Waals surface area contributed by atoms with Crippen LogP contribution >= 0.6 is 0 Å². The van der Waals surface area contributed by atoms with E-state index in [1.54, 1.807) is 18.0 Å². The van der Waals surface area contributed by atoms with Gasteiger partial charge in [-0.2, -0.15) is 17.0 Å². The number of rotatable bonds is 4. The van der Waals surface area contributed by atoms with Gasteiger partial charge in [-0.15, -0.1) is 0 Å². The highest BCUT2D eigenvalue weighted by Gasteiger charge is 2.31. The monoisotopic (exact) mass is 389 g/mol. The van der Waals surface area contributed by atoms with E-state index in [4.69, 9.17) is 0 Å². The topological polar surface area (TPSA) is 86.7 Å². The number of hydrogen-bond donors (Lipinski definition) is 0. The first-order valence-electron chi connectivity index (χ1n) is 8.66. The number of amides is 1. The first-order chi connectivity index (χ1) is 12.8. The maximum atomic E-state index is 13.1. The van der Waals surface area contributed by atoms with Crippen LogP contribution in [-0.4, -0.2) is 78.1 Å². The van der Waals surface area contributed by atoms with Crippen molar-refractivity contribution in [3.8, 4) is 11.3 Å². The second kappa shape index (κ2) is 7.71. The Morgan fingerprint density at radius 3 is 2.30 bits per heavy atom. The normalized spacial score (nSPS) is 15.9. The molecule has 0 spiro atoms. The van der Waals surface area contributed by atoms with Crippen LogP contribution in [0.15, 0.2) is 36.5 Å². The molecule has 2 heterocycles. The average Bonchev–Trinajstić information content (AvgIpc) is 2.68. The zero-order valence-electron chi connectivity index (χ0n) is 15.7. The fourth-order valence-electron chi connectivity index (χ4n) is 2.97. The van der Waals surface area contributed by atoms with E-state index in [-0.39, 0.29) is 19.0 Å². The van der Waals surface area contributed by atoms with Gasteiger partial charge in [0.05, 0.1) is 11.3 Å². The number of piperazine rings is 1. The van der Waals surface area contributed by atoms with Gasteiger partial charge in [-0.1, -0.05) is 30.3 Å². The highest BCUT2D eigenvalue weighted by Crippen LogP contribution is 2.23. The van der Waals surface area contributed by atoms with Crippen molar-refractivity contribution in [2.75, 3.05) is 40.3 Å². The van der Waals surface area contributed by atoms with Gasteiger partial charge in [0.25, 0.3) is 16.1 Å². The van der Waals surface area contributed by atoms with E-state index in [2.05, 4.69) is 9.97 Å². The van der Waals surface area contributed by atoms with Crippen molar-refractivity contribution < 1.29 is 13.2 Å². The quantitative estimate of drug-likeness (QED) is 0.779. The predicted octanol–water partition coefficient (Wildman–Crippen LogP) is 1.02. The van der Waals surface area contributed by atoms with E-state index in [1.807, 2.05) is 30.3 Å². The van der Waals surface area contributed by atoms with Gasteiger partial charge < -0.3 is 4.90 Å². The number of aromatic nitrogens is 2. The molecule has 1 fully saturated rings. The zero-order valence-corrected chi connectivity index (χ0v) is 16.5. The molecule has 8 nitrogen and oxygen atoms in total. The molecule has 1 aromatic carbocycles. The summed E-state index contributed by atoms with van der Waals surface area (Å²) < 4.78 is 27.0. The molecule has 1 aliphatic rings. The summed E-state index contributed by atoms with van der Waals surface area (Å²) in [5, 5.41) is 0. The minimum atomic E-state index is -3.47. The van der Waals surface area contributed by atoms with Gasteiger partial charge in [0.1, 0.15) is 5.82 Å². The van der Waals surface area contributed by atoms with E-state index in [0.29, 0.717) is 30.2 Å². The molecule has 9 heteroatoms. The van der Waals surface area contributed by atoms with E-state index < -0.39 is 10.2 Å². The minimum Gasteiger partial charge on any atom is -0.336 e. The van der Waals surface area contributed by atoms with Crippen molar-refractivity contribution in [2.45, 2.75) is 6.92 Å². The van der Waals surface area contributed by atoms with E-state index in [9.17, 15) is 13.2 Å². The zero-order chi connectivity index (χ0) is 19.6. The van der Waals surface area contributed by atoms with Gasteiger partial charge in [-0.05, 0) is 6.92 Å². The van der Waals surface area contributed by atoms with Gasteiger partial charge in [0.2, 0.25) is 0 Å². The molecule has 0 radical (unpaired) electrons. The smallest absolute Gasteiger partial charge is 0.281 e. The summed E-state index contributed by atoms with van der Waals surface area (Å²) in [5.74, 6) is 0.406. The summed E-state index contributed by atoms with van der Waals surface area (Å²) in [6.45, 7) is 2.97. The number of aryl methyl sites for hydroxylation is 1. The lowest BCUT2D eigenvalue weighted by Gasteiger charge is -2.35. The van der Waals surface area contributed by atoms with Crippen molar-refractivity contribution in [1.82, 2.24) is 23.5 Å². The summed E-state index contributed by atoms with van der Waals surface area (Å²) in [4.78, 5) is 23.4. The van der Waals surface area contributed by atoms with Crippen molar-refractivity contribution in [3.63, 3.8) is 0 Å². The van der Waals surface area contributed by atoms with Crippen molar-refractivity contribution in [3.05, 3.63) is 47.9 Å². The Kier molecular flexibility index (Phi) is 5.54. The standard InChI is InChI=1S/C18H23N5O3S/c1-14-19-13-16(17(20-14)15-7-5-4-6-8-15)18(24)22-9-11-23(12-10-22)27(25,26)21(2)3/h4-8,13H,9-12H2,1-3H3. The van der Waals surface area contributed by atoms with Crippen LogP contribution in [0.2, 0.25) is 0 Å². The Morgan fingerprint density at radius 2 is 1.70 bits per heavy atom. The minimum absolute atomic E-state index is 0.184. The molecule has 1 aromatic heterocycles. The molecule has 27 heavy (non-hydrogen) atoms. The third kappa shape index (κ3) is 4.00. The van der Waals surface area contributed by atoms with Crippen LogP contribution in [0, 0.1) is 6.92 Å². The molecule has 1 aliphatic heterocycles. The fraction of sp³-hybridized carbons (Fsp3) is 0.389. The van der Waals surface area contributed by atoms with Crippen LogP contribution in [0.25, 0.3) is 11.3 Å². The third-order valence-corrected chi connectivity index (χ3v) is 6.44. The lowest BCUT2D eigenvalue weighted by molar-refractivity contribution is 0.0695. The summed E-state index contributed by atoms with van der Waals surface area (Å²) in [7, 11) is -0.461. The second-order valence-electron chi connectivity index (χ2n) is 6.53. The number of carbonyl (C=O) groups is 1. The average molecular weight is 389 g/mol. The fourth-order valence-corrected chi connectivity index (χ4v) is 4.05. The molecule has 0 N–H and O–H groups in total. The SMILES string of the molecule is Cc1ncc(C(=O)N2CCN(S(=O)(=O)N(C)C)CC2)c(-c2ccccc2)n1. The molecule has 144 valence electrons. The Bertz CT molecular complexity index is 923. The Hall–Kier alpha value is -2.36. The van der Waals surface area contributed by atoms with Crippen LogP contribution in [0.3, 0.4) is 0 Å². The predicted molar refractivity (Wildman–Crippen MR) is 102 cm³/mol. The van der Waals surface area contributed by atoms with Crippen LogP contribution < -0.4 is 0 Å². The van der Waals surface area contributed by atoms with Gasteiger partial charge in [-0.25, -0.2) is 9.97 Å². The van der Waals surface area contributed by atoms with Crippen LogP contribution in [0.5, 0.6) is 0 Å². The molecule has 2 aromatic rings. The van der Waals surface area contributed by atoms with Gasteiger partial charge in [-0.3, -0.25) is 4.79 Å². The largest absolute Gasteiger partial charge is 0.336 e. The van der Waals surface area contributed by atoms with E-state index in [1.165, 1.54) is 22.7 Å². The summed E-state index contributed by atoms with van der Waals surface area (Å²) in [5.41, 5.74) is 1.87. The third-order valence-electron chi connectivity index (χ3n) is 4.50. The van der Waals surface area contributed by atoms with E-state index >= 15 is 0 Å². The maximum absolute atomic E-state index is 13.1. The Balaban J connectivity index is 1.82. The molecule has 0 aliphatic carbocycles. The van der Waals surface area contributed by atoms with Crippen LogP contribution in [0.1, 0.15) is 16.2 Å². The first-order valence-corrected chi connectivity index (χ1v) is 10.1. The van der Waals surface area contributed by atoms with Gasteiger partial charge >= 0.3 is 0 Å². The first kappa shape index (κ1) is 19.4. The number of carbonyl (C=O) groups excluding carboxylic acids is 1. The second-order valence-corrected chi connectivity index (χ2v) is 8.67. The van der Waals surface area contributed by atoms with E-state index in [0.717, 1.165) is 5.56 Å². The van der Waals surface area contributed by atoms with Gasteiger partial charge in [0.15, 0.2) is 0 Å². The molecule has 0 bridgehead atoms. The number of nitrogens with zero attached hydrogens (tertiary/aromatic N) is 5. The molecule has 1 saturated heterocycles. The summed E-state index contributed by atoms with van der Waals surface area (Å²) in [6, 6.07) is 9.50. The Morgan fingerprint density at radius 1 is 1.07 bits per heavy atom. The number of benzene rings is 1. The molecule has 3 rings (SSSR count). The molecule has 0 atom stereocenters. The number of hydrogen-bond acceptors (Lipinski definition) is 5. The lowest BCUT2D eigenvalue weighted by atomic mass is 10.1. The molecule has 0 saturated carbocycles. The van der Waals surface area contributed by atoms with Crippen LogP contribution in [-0.2, 0) is 10.2 Å². The van der Waals surface area contributed by atoms with Crippen molar-refractivity contribution in [1.29, 1.82) is 0 Å². The summed E-state index contributed by atoms with van der Waals surface area (Å²) in [6.07, 6.45) is 1.55. The highest BCUT2D eigenvalue weighted by atomic mass is 32.2. The summed E-state index contributed by atoms with van der Waals surface area (Å²) >= 11 is 0. The van der Waals surface area contributed by atoms with Crippen molar-refractivity contribution >= 4 is 16.1 Å². The lowest BCUT2D eigenvalue weighted by Crippen LogP contribution is -2.53. The maximum Gasteiger partial charge on any atom is 0.281 e. The van der Waals surface area contributed by atoms with Crippen molar-refractivity contribution in [2.24, 2.45) is 0 Å². The molecular weight excluding hydrogens is 366 g/mol.